The lowest BCUT2D eigenvalue weighted by Crippen LogP contribution is -2.45. The summed E-state index contributed by atoms with van der Waals surface area (Å²) in [5, 5.41) is 0. The Balaban J connectivity index is 1.64. The number of aliphatic imine (C=N–C) groups is 1. The van der Waals surface area contributed by atoms with Gasteiger partial charge in [0.05, 0.1) is 25.0 Å². The molecule has 2 aromatic heterocycles. The Morgan fingerprint density at radius 1 is 1.19 bits per heavy atom. The highest BCUT2D eigenvalue weighted by molar-refractivity contribution is 6.14. The molecule has 1 unspecified atom stereocenters. The number of nitrogens with zero attached hydrogens (tertiary/aromatic N) is 3. The third-order valence-corrected chi connectivity index (χ3v) is 5.69. The molecule has 0 saturated heterocycles. The van der Waals surface area contributed by atoms with Crippen molar-refractivity contribution in [2.45, 2.75) is 24.6 Å². The lowest BCUT2D eigenvalue weighted by molar-refractivity contribution is -0.153. The fourth-order valence-corrected chi connectivity index (χ4v) is 4.35. The van der Waals surface area contributed by atoms with Crippen LogP contribution in [0.3, 0.4) is 0 Å². The summed E-state index contributed by atoms with van der Waals surface area (Å²) in [6.07, 6.45) is -4.53. The Kier molecular flexibility index (Phi) is 4.30. The number of halogens is 3. The molecule has 10 heteroatoms. The summed E-state index contributed by atoms with van der Waals surface area (Å²) >= 11 is 0. The molecule has 0 aliphatic carbocycles. The van der Waals surface area contributed by atoms with Crippen LogP contribution in [0.2, 0.25) is 0 Å². The molecule has 0 bridgehead atoms. The molecule has 1 atom stereocenters. The summed E-state index contributed by atoms with van der Waals surface area (Å²) < 4.78 is 49.1. The lowest BCUT2D eigenvalue weighted by Gasteiger charge is -2.32. The van der Waals surface area contributed by atoms with Gasteiger partial charge in [0, 0.05) is 18.2 Å². The van der Waals surface area contributed by atoms with Gasteiger partial charge in [-0.1, -0.05) is 18.2 Å². The van der Waals surface area contributed by atoms with Crippen LogP contribution >= 0.6 is 0 Å². The third kappa shape index (κ3) is 2.86. The van der Waals surface area contributed by atoms with E-state index in [4.69, 9.17) is 14.9 Å². The van der Waals surface area contributed by atoms with E-state index in [1.807, 2.05) is 0 Å². The number of hydrogen-bond acceptors (Lipinski definition) is 6. The number of hydrogen-bond donors (Lipinski definition) is 1. The number of methoxy groups -OCH3 is 1. The highest BCUT2D eigenvalue weighted by atomic mass is 19.4. The van der Waals surface area contributed by atoms with E-state index in [-0.39, 0.29) is 30.5 Å². The fraction of sp³-hybridized carbons (Fsp3) is 0.227. The molecule has 1 spiro atoms. The van der Waals surface area contributed by atoms with Crippen molar-refractivity contribution < 1.29 is 27.1 Å². The Labute approximate surface area is 180 Å². The molecule has 0 saturated carbocycles. The Morgan fingerprint density at radius 3 is 2.69 bits per heavy atom. The number of nitrogens with two attached hydrogens (primary N) is 1. The van der Waals surface area contributed by atoms with Crippen LogP contribution in [0.1, 0.15) is 29.2 Å². The number of amidine groups is 1. The van der Waals surface area contributed by atoms with Crippen LogP contribution in [0.5, 0.6) is 5.88 Å². The molecule has 2 aliphatic heterocycles. The molecule has 7 nitrogen and oxygen atoms in total. The minimum atomic E-state index is -4.61. The molecule has 2 aliphatic rings. The van der Waals surface area contributed by atoms with Crippen LogP contribution in [0.4, 0.5) is 24.5 Å². The van der Waals surface area contributed by atoms with Gasteiger partial charge in [0.15, 0.2) is 0 Å². The molecular weight excluding hydrogens is 425 g/mol. The first-order valence-electron chi connectivity index (χ1n) is 9.70. The lowest BCUT2D eigenvalue weighted by atomic mass is 9.73. The first-order valence-corrected chi connectivity index (χ1v) is 9.70. The van der Waals surface area contributed by atoms with Gasteiger partial charge >= 0.3 is 6.18 Å². The Hall–Kier alpha value is -3.82. The fourth-order valence-electron chi connectivity index (χ4n) is 4.35. The number of alkyl halides is 3. The number of rotatable bonds is 3. The van der Waals surface area contributed by atoms with E-state index in [9.17, 15) is 18.0 Å². The van der Waals surface area contributed by atoms with Crippen molar-refractivity contribution >= 4 is 23.1 Å². The van der Waals surface area contributed by atoms with Crippen molar-refractivity contribution in [2.24, 2.45) is 10.7 Å². The van der Waals surface area contributed by atoms with Crippen LogP contribution in [0.25, 0.3) is 0 Å². The van der Waals surface area contributed by atoms with E-state index in [1.54, 1.807) is 36.4 Å². The van der Waals surface area contributed by atoms with Gasteiger partial charge in [0.2, 0.25) is 17.5 Å². The van der Waals surface area contributed by atoms with E-state index in [0.29, 0.717) is 28.5 Å². The van der Waals surface area contributed by atoms with E-state index < -0.39 is 17.4 Å². The maximum atomic E-state index is 13.9. The van der Waals surface area contributed by atoms with Crippen molar-refractivity contribution in [2.75, 3.05) is 12.0 Å². The van der Waals surface area contributed by atoms with Gasteiger partial charge in [-0.2, -0.15) is 13.2 Å². The van der Waals surface area contributed by atoms with Crippen LogP contribution in [0, 0.1) is 0 Å². The van der Waals surface area contributed by atoms with Crippen LogP contribution in [0.15, 0.2) is 57.9 Å². The molecule has 2 N–H and O–H groups in total. The number of anilines is 1. The molecule has 0 fully saturated rings. The van der Waals surface area contributed by atoms with Crippen molar-refractivity contribution in [3.8, 4) is 5.88 Å². The highest BCUT2D eigenvalue weighted by Crippen LogP contribution is 2.52. The third-order valence-electron chi connectivity index (χ3n) is 5.69. The molecule has 164 valence electrons. The van der Waals surface area contributed by atoms with Gasteiger partial charge in [-0.25, -0.2) is 9.98 Å². The van der Waals surface area contributed by atoms with Crippen molar-refractivity contribution in [1.29, 1.82) is 0 Å². The average molecular weight is 442 g/mol. The normalized spacial score (nSPS) is 19.7. The van der Waals surface area contributed by atoms with Crippen LogP contribution in [-0.4, -0.2) is 23.8 Å². The summed E-state index contributed by atoms with van der Waals surface area (Å²) in [6.45, 7) is -0.177. The molecular formula is C22H17F3N4O3. The van der Waals surface area contributed by atoms with Gasteiger partial charge < -0.3 is 19.8 Å². The maximum absolute atomic E-state index is 13.9. The first-order chi connectivity index (χ1) is 15.2. The van der Waals surface area contributed by atoms with Gasteiger partial charge in [0.1, 0.15) is 17.0 Å². The number of benzene rings is 1. The number of furan rings is 1. The predicted molar refractivity (Wildman–Crippen MR) is 109 cm³/mol. The largest absolute Gasteiger partial charge is 0.481 e. The van der Waals surface area contributed by atoms with Crippen molar-refractivity contribution in [3.63, 3.8) is 0 Å². The number of pyridine rings is 1. The Morgan fingerprint density at radius 2 is 1.97 bits per heavy atom. The monoisotopic (exact) mass is 442 g/mol. The minimum Gasteiger partial charge on any atom is -0.481 e. The summed E-state index contributed by atoms with van der Waals surface area (Å²) in [6, 6.07) is 12.4. The van der Waals surface area contributed by atoms with Crippen molar-refractivity contribution in [3.05, 3.63) is 71.3 Å². The number of carbonyl (C=O) groups excluding carboxylic acids is 1. The molecule has 5 rings (SSSR count). The summed E-state index contributed by atoms with van der Waals surface area (Å²) in [5.74, 6) is -0.916. The molecule has 32 heavy (non-hydrogen) atoms. The smallest absolute Gasteiger partial charge is 0.449 e. The van der Waals surface area contributed by atoms with E-state index in [2.05, 4.69) is 9.98 Å². The van der Waals surface area contributed by atoms with Gasteiger partial charge in [-0.15, -0.1) is 0 Å². The standard InChI is InChI=1S/C22H17F3N4O3/c1-31-18-9-7-14-19(28-18)21(10-17(26)27-14)13-4-2-3-5-15(13)29(20(21)30)11-12-6-8-16(32-12)22(23,24)25/h2-9H,10-11H2,1H3,(H2,26,27). The number of ether oxygens (including phenoxy) is 1. The Bertz CT molecular complexity index is 1270. The number of amides is 1. The zero-order valence-electron chi connectivity index (χ0n) is 16.8. The second-order valence-corrected chi connectivity index (χ2v) is 7.58. The second-order valence-electron chi connectivity index (χ2n) is 7.58. The second kappa shape index (κ2) is 6.84. The van der Waals surface area contributed by atoms with E-state index in [1.165, 1.54) is 18.1 Å². The maximum Gasteiger partial charge on any atom is 0.449 e. The summed E-state index contributed by atoms with van der Waals surface area (Å²) in [7, 11) is 1.47. The van der Waals surface area contributed by atoms with Crippen LogP contribution in [-0.2, 0) is 22.9 Å². The minimum absolute atomic E-state index is 0.00815. The topological polar surface area (TPSA) is 93.9 Å². The number of fused-ring (bicyclic) bond motifs is 4. The van der Waals surface area contributed by atoms with Gasteiger partial charge in [-0.05, 0) is 29.8 Å². The zero-order chi connectivity index (χ0) is 22.7. The van der Waals surface area contributed by atoms with Gasteiger partial charge in [0.25, 0.3) is 0 Å². The van der Waals surface area contributed by atoms with Gasteiger partial charge in [-0.3, -0.25) is 4.79 Å². The molecule has 1 amide bonds. The molecule has 4 heterocycles. The molecule has 0 radical (unpaired) electrons. The number of para-hydroxylation sites is 1. The zero-order valence-corrected chi connectivity index (χ0v) is 16.8. The number of carbonyl (C=O) groups is 1. The summed E-state index contributed by atoms with van der Waals surface area (Å²) in [5.41, 5.74) is 6.87. The number of aromatic nitrogens is 1. The quantitative estimate of drug-likeness (QED) is 0.664. The highest BCUT2D eigenvalue weighted by Gasteiger charge is 2.56. The SMILES string of the molecule is COc1ccc2c(n1)C1(CC(N)=N2)C(=O)N(Cc2ccc(C(F)(F)F)o2)c2ccccc21. The van der Waals surface area contributed by atoms with Crippen LogP contribution < -0.4 is 15.4 Å². The van der Waals surface area contributed by atoms with Crippen molar-refractivity contribution in [1.82, 2.24) is 4.98 Å². The predicted octanol–water partition coefficient (Wildman–Crippen LogP) is 3.93. The van der Waals surface area contributed by atoms with E-state index >= 15 is 0 Å². The average Bonchev–Trinajstić information content (AvgIpc) is 3.32. The van der Waals surface area contributed by atoms with E-state index in [0.717, 1.165) is 6.07 Å². The molecule has 3 aromatic rings. The summed E-state index contributed by atoms with van der Waals surface area (Å²) in [4.78, 5) is 24.2. The molecule has 1 aromatic carbocycles. The first kappa shape index (κ1) is 20.1.